The van der Waals surface area contributed by atoms with Crippen LogP contribution in [0.5, 0.6) is 5.75 Å². The average Bonchev–Trinajstić information content (AvgIpc) is 2.49. The van der Waals surface area contributed by atoms with Crippen LogP contribution in [0.1, 0.15) is 16.7 Å². The summed E-state index contributed by atoms with van der Waals surface area (Å²) in [5.74, 6) is 0.859. The Morgan fingerprint density at radius 2 is 1.95 bits per heavy atom. The Bertz CT molecular complexity index is 686. The minimum absolute atomic E-state index is 0.234. The summed E-state index contributed by atoms with van der Waals surface area (Å²) in [6.45, 7) is 4.40. The topological polar surface area (TPSA) is 50.4 Å². The molecule has 2 amide bonds. The van der Waals surface area contributed by atoms with Gasteiger partial charge in [-0.25, -0.2) is 4.79 Å². The Kier molecular flexibility index (Phi) is 5.10. The van der Waals surface area contributed by atoms with Gasteiger partial charge in [-0.1, -0.05) is 35.8 Å². The maximum atomic E-state index is 11.6. The molecular formula is C17H21BN2O2. The van der Waals surface area contributed by atoms with E-state index in [-0.39, 0.29) is 6.03 Å². The molecule has 2 aromatic rings. The van der Waals surface area contributed by atoms with Crippen molar-refractivity contribution in [1.82, 2.24) is 5.32 Å². The van der Waals surface area contributed by atoms with Gasteiger partial charge >= 0.3 is 6.03 Å². The fourth-order valence-electron chi connectivity index (χ4n) is 2.32. The number of benzene rings is 2. The molecule has 0 radical (unpaired) electrons. The van der Waals surface area contributed by atoms with E-state index >= 15 is 0 Å². The van der Waals surface area contributed by atoms with Crippen LogP contribution in [0.15, 0.2) is 36.4 Å². The highest BCUT2D eigenvalue weighted by atomic mass is 16.5. The molecule has 0 atom stereocenters. The van der Waals surface area contributed by atoms with E-state index in [1.54, 1.807) is 7.05 Å². The number of ether oxygens (including phenoxy) is 1. The molecule has 22 heavy (non-hydrogen) atoms. The molecule has 0 spiro atoms. The fraction of sp³-hybridized carbons (Fsp3) is 0.235. The minimum atomic E-state index is -0.234. The van der Waals surface area contributed by atoms with Crippen LogP contribution in [0, 0.1) is 13.8 Å². The minimum Gasteiger partial charge on any atom is -0.489 e. The fourth-order valence-corrected chi connectivity index (χ4v) is 2.32. The second-order valence-electron chi connectivity index (χ2n) is 5.37. The zero-order valence-electron chi connectivity index (χ0n) is 13.5. The van der Waals surface area contributed by atoms with Crippen molar-refractivity contribution >= 4 is 25.0 Å². The van der Waals surface area contributed by atoms with E-state index in [9.17, 15) is 4.79 Å². The number of para-hydroxylation sites is 1. The molecule has 0 aliphatic carbocycles. The summed E-state index contributed by atoms with van der Waals surface area (Å²) in [5.41, 5.74) is 5.07. The summed E-state index contributed by atoms with van der Waals surface area (Å²) in [4.78, 5) is 11.6. The molecule has 0 saturated heterocycles. The molecule has 2 rings (SSSR count). The van der Waals surface area contributed by atoms with Gasteiger partial charge in [-0.05, 0) is 31.0 Å². The SMILES string of the molecule is Bc1ccc(OCc2cccc(C)c2NC(=O)NC)c(C)c1. The number of hydrogen-bond acceptors (Lipinski definition) is 2. The monoisotopic (exact) mass is 296 g/mol. The van der Waals surface area contributed by atoms with Crippen LogP contribution in [0.3, 0.4) is 0 Å². The van der Waals surface area contributed by atoms with Gasteiger partial charge in [0.15, 0.2) is 0 Å². The Balaban J connectivity index is 2.18. The number of aryl methyl sites for hydroxylation is 2. The lowest BCUT2D eigenvalue weighted by molar-refractivity contribution is 0.254. The number of urea groups is 1. The summed E-state index contributed by atoms with van der Waals surface area (Å²) in [6, 6.07) is 11.8. The van der Waals surface area contributed by atoms with Crippen LogP contribution in [0.4, 0.5) is 10.5 Å². The van der Waals surface area contributed by atoms with Gasteiger partial charge in [0, 0.05) is 12.6 Å². The number of carbonyl (C=O) groups is 1. The lowest BCUT2D eigenvalue weighted by Gasteiger charge is -2.15. The van der Waals surface area contributed by atoms with Gasteiger partial charge in [0.05, 0.1) is 5.69 Å². The molecule has 0 aromatic heterocycles. The predicted molar refractivity (Wildman–Crippen MR) is 92.9 cm³/mol. The van der Waals surface area contributed by atoms with E-state index in [0.717, 1.165) is 28.1 Å². The summed E-state index contributed by atoms with van der Waals surface area (Å²) in [5, 5.41) is 5.42. The lowest BCUT2D eigenvalue weighted by Crippen LogP contribution is -2.25. The molecule has 0 heterocycles. The predicted octanol–water partition coefficient (Wildman–Crippen LogP) is 1.89. The quantitative estimate of drug-likeness (QED) is 0.847. The highest BCUT2D eigenvalue weighted by Gasteiger charge is 2.09. The average molecular weight is 296 g/mol. The number of nitrogens with one attached hydrogen (secondary N) is 2. The van der Waals surface area contributed by atoms with Crippen LogP contribution in [0.25, 0.3) is 0 Å². The molecule has 0 bridgehead atoms. The zero-order chi connectivity index (χ0) is 16.1. The number of carbonyl (C=O) groups excluding carboxylic acids is 1. The van der Waals surface area contributed by atoms with Crippen LogP contribution >= 0.6 is 0 Å². The van der Waals surface area contributed by atoms with Gasteiger partial charge in [0.2, 0.25) is 0 Å². The third-order valence-corrected chi connectivity index (χ3v) is 3.54. The molecule has 0 aliphatic heterocycles. The van der Waals surface area contributed by atoms with Gasteiger partial charge in [-0.15, -0.1) is 0 Å². The highest BCUT2D eigenvalue weighted by Crippen LogP contribution is 2.23. The van der Waals surface area contributed by atoms with Crippen molar-refractivity contribution < 1.29 is 9.53 Å². The molecule has 0 saturated carbocycles. The van der Waals surface area contributed by atoms with Gasteiger partial charge in [-0.2, -0.15) is 0 Å². The first-order valence-corrected chi connectivity index (χ1v) is 7.28. The number of amides is 2. The van der Waals surface area contributed by atoms with Crippen LogP contribution < -0.4 is 20.8 Å². The maximum Gasteiger partial charge on any atom is 0.318 e. The number of rotatable bonds is 4. The first-order chi connectivity index (χ1) is 10.5. The van der Waals surface area contributed by atoms with E-state index in [1.165, 1.54) is 5.46 Å². The second-order valence-corrected chi connectivity index (χ2v) is 5.37. The first-order valence-electron chi connectivity index (χ1n) is 7.28. The molecule has 2 aromatic carbocycles. The van der Waals surface area contributed by atoms with Crippen molar-refractivity contribution in [2.24, 2.45) is 0 Å². The van der Waals surface area contributed by atoms with Gasteiger partial charge in [-0.3, -0.25) is 0 Å². The summed E-state index contributed by atoms with van der Waals surface area (Å²) < 4.78 is 5.92. The van der Waals surface area contributed by atoms with Crippen molar-refractivity contribution in [2.45, 2.75) is 20.5 Å². The smallest absolute Gasteiger partial charge is 0.318 e. The Morgan fingerprint density at radius 1 is 1.18 bits per heavy atom. The Hall–Kier alpha value is -2.43. The molecule has 4 nitrogen and oxygen atoms in total. The van der Waals surface area contributed by atoms with Crippen molar-refractivity contribution in [2.75, 3.05) is 12.4 Å². The summed E-state index contributed by atoms with van der Waals surface area (Å²) >= 11 is 0. The second kappa shape index (κ2) is 7.03. The van der Waals surface area contributed by atoms with E-state index < -0.39 is 0 Å². The molecule has 0 unspecified atom stereocenters. The Morgan fingerprint density at radius 3 is 2.64 bits per heavy atom. The molecule has 114 valence electrons. The largest absolute Gasteiger partial charge is 0.489 e. The standard InChI is InChI=1S/C17H21BN2O2/c1-11-5-4-6-13(16(11)20-17(21)19-3)10-22-15-8-7-14(18)9-12(15)2/h4-9H,10,18H2,1-3H3,(H2,19,20,21). The van der Waals surface area contributed by atoms with Crippen molar-refractivity contribution in [3.63, 3.8) is 0 Å². The van der Waals surface area contributed by atoms with E-state index in [4.69, 9.17) is 4.74 Å². The third-order valence-electron chi connectivity index (χ3n) is 3.54. The third kappa shape index (κ3) is 3.82. The molecule has 5 heteroatoms. The van der Waals surface area contributed by atoms with Crippen LogP contribution in [-0.4, -0.2) is 20.9 Å². The summed E-state index contributed by atoms with van der Waals surface area (Å²) in [7, 11) is 3.65. The normalized spacial score (nSPS) is 10.1. The van der Waals surface area contributed by atoms with E-state index in [2.05, 4.69) is 24.5 Å². The van der Waals surface area contributed by atoms with E-state index in [0.29, 0.717) is 6.61 Å². The first kappa shape index (κ1) is 16.0. The van der Waals surface area contributed by atoms with Crippen molar-refractivity contribution in [3.8, 4) is 5.75 Å². The highest BCUT2D eigenvalue weighted by molar-refractivity contribution is 6.32. The van der Waals surface area contributed by atoms with Gasteiger partial charge < -0.3 is 15.4 Å². The van der Waals surface area contributed by atoms with Crippen molar-refractivity contribution in [1.29, 1.82) is 0 Å². The lowest BCUT2D eigenvalue weighted by atomic mass is 9.94. The van der Waals surface area contributed by atoms with Gasteiger partial charge in [0.1, 0.15) is 20.2 Å². The maximum absolute atomic E-state index is 11.6. The molecule has 0 fully saturated rings. The van der Waals surface area contributed by atoms with Crippen LogP contribution in [-0.2, 0) is 6.61 Å². The summed E-state index contributed by atoms with van der Waals surface area (Å²) in [6.07, 6.45) is 0. The van der Waals surface area contributed by atoms with E-state index in [1.807, 2.05) is 44.2 Å². The Labute approximate surface area is 132 Å². The molecule has 0 aliphatic rings. The zero-order valence-corrected chi connectivity index (χ0v) is 13.5. The molecule has 2 N–H and O–H groups in total. The molecular weight excluding hydrogens is 275 g/mol. The van der Waals surface area contributed by atoms with Gasteiger partial charge in [0.25, 0.3) is 0 Å². The van der Waals surface area contributed by atoms with Crippen molar-refractivity contribution in [3.05, 3.63) is 53.1 Å². The van der Waals surface area contributed by atoms with Crippen LogP contribution in [0.2, 0.25) is 0 Å². The number of anilines is 1. The number of hydrogen-bond donors (Lipinski definition) is 2.